The van der Waals surface area contributed by atoms with E-state index in [1.165, 1.54) is 17.6 Å². The summed E-state index contributed by atoms with van der Waals surface area (Å²) >= 11 is 1.64. The molecule has 0 bridgehead atoms. The van der Waals surface area contributed by atoms with Crippen molar-refractivity contribution < 1.29 is 9.53 Å². The first kappa shape index (κ1) is 18.8. The maximum atomic E-state index is 13.5. The van der Waals surface area contributed by atoms with Gasteiger partial charge in [0.25, 0.3) is 5.56 Å². The summed E-state index contributed by atoms with van der Waals surface area (Å²) < 4.78 is 6.40. The van der Waals surface area contributed by atoms with Gasteiger partial charge in [0.2, 0.25) is 0 Å². The Morgan fingerprint density at radius 2 is 2.25 bits per heavy atom. The molecule has 1 unspecified atom stereocenters. The van der Waals surface area contributed by atoms with Gasteiger partial charge in [0.15, 0.2) is 5.82 Å². The van der Waals surface area contributed by atoms with Gasteiger partial charge in [-0.25, -0.2) is 4.98 Å². The smallest absolute Gasteiger partial charge is 0.305 e. The van der Waals surface area contributed by atoms with E-state index in [0.717, 1.165) is 29.5 Å². The second kappa shape index (κ2) is 7.83. The fourth-order valence-electron chi connectivity index (χ4n) is 3.80. The lowest BCUT2D eigenvalue weighted by atomic mass is 9.89. The van der Waals surface area contributed by atoms with Crippen molar-refractivity contribution in [3.63, 3.8) is 0 Å². The van der Waals surface area contributed by atoms with E-state index in [1.807, 2.05) is 18.2 Å². The van der Waals surface area contributed by atoms with Crippen LogP contribution in [0.3, 0.4) is 0 Å². The number of rotatable bonds is 5. The minimum atomic E-state index is -0.275. The number of ether oxygens (including phenoxy) is 1. The highest BCUT2D eigenvalue weighted by Gasteiger charge is 2.25. The van der Waals surface area contributed by atoms with Crippen LogP contribution in [-0.4, -0.2) is 27.6 Å². The van der Waals surface area contributed by atoms with E-state index in [-0.39, 0.29) is 17.9 Å². The summed E-state index contributed by atoms with van der Waals surface area (Å²) in [7, 11) is 1.38. The molecule has 0 radical (unpaired) electrons. The van der Waals surface area contributed by atoms with Gasteiger partial charge in [0.1, 0.15) is 10.5 Å². The van der Waals surface area contributed by atoms with Gasteiger partial charge in [-0.15, -0.1) is 11.3 Å². The first-order valence-corrected chi connectivity index (χ1v) is 10.4. The molecule has 0 N–H and O–H groups in total. The molecule has 0 saturated carbocycles. The molecule has 3 aromatic heterocycles. The number of aromatic nitrogens is 3. The number of esters is 1. The molecule has 1 aliphatic rings. The Hall–Kier alpha value is -2.54. The summed E-state index contributed by atoms with van der Waals surface area (Å²) in [6.45, 7) is 2.66. The maximum Gasteiger partial charge on any atom is 0.305 e. The first-order valence-electron chi connectivity index (χ1n) is 9.61. The number of hydrogen-bond donors (Lipinski definition) is 0. The van der Waals surface area contributed by atoms with Gasteiger partial charge in [0.05, 0.1) is 12.5 Å². The van der Waals surface area contributed by atoms with E-state index >= 15 is 0 Å². The third kappa shape index (κ3) is 3.46. The molecule has 0 spiro atoms. The number of aryl methyl sites for hydroxylation is 1. The monoisotopic (exact) mass is 397 g/mol. The predicted octanol–water partition coefficient (Wildman–Crippen LogP) is 3.60. The summed E-state index contributed by atoms with van der Waals surface area (Å²) in [6.07, 6.45) is 5.52. The second-order valence-electron chi connectivity index (χ2n) is 7.32. The van der Waals surface area contributed by atoms with Crippen LogP contribution < -0.4 is 5.56 Å². The molecule has 0 aliphatic heterocycles. The number of nitrogens with zero attached hydrogens (tertiary/aromatic N) is 3. The third-order valence-corrected chi connectivity index (χ3v) is 6.45. The van der Waals surface area contributed by atoms with E-state index in [9.17, 15) is 9.59 Å². The summed E-state index contributed by atoms with van der Waals surface area (Å²) in [5.41, 5.74) is 1.81. The number of fused-ring (bicyclic) bond motifs is 3. The van der Waals surface area contributed by atoms with E-state index in [4.69, 9.17) is 9.72 Å². The van der Waals surface area contributed by atoms with Crippen LogP contribution >= 0.6 is 11.3 Å². The molecule has 0 fully saturated rings. The molecule has 146 valence electrons. The largest absolute Gasteiger partial charge is 0.469 e. The van der Waals surface area contributed by atoms with Crippen LogP contribution in [0.15, 0.2) is 29.2 Å². The second-order valence-corrected chi connectivity index (χ2v) is 8.40. The van der Waals surface area contributed by atoms with Crippen molar-refractivity contribution in [2.24, 2.45) is 5.92 Å². The molecule has 0 amide bonds. The Morgan fingerprint density at radius 3 is 3.00 bits per heavy atom. The number of methoxy groups -OCH3 is 1. The Labute approximate surface area is 167 Å². The minimum absolute atomic E-state index is 0.0254. The van der Waals surface area contributed by atoms with Crippen molar-refractivity contribution in [3.05, 3.63) is 45.2 Å². The van der Waals surface area contributed by atoms with Crippen molar-refractivity contribution in [2.75, 3.05) is 7.11 Å². The highest BCUT2D eigenvalue weighted by atomic mass is 32.1. The van der Waals surface area contributed by atoms with E-state index in [0.29, 0.717) is 30.4 Å². The summed E-state index contributed by atoms with van der Waals surface area (Å²) in [5.74, 6) is 0.927. The van der Waals surface area contributed by atoms with Gasteiger partial charge in [0, 0.05) is 24.0 Å². The number of carbonyl (C=O) groups is 1. The first-order chi connectivity index (χ1) is 13.6. The lowest BCUT2D eigenvalue weighted by molar-refractivity contribution is -0.140. The number of carbonyl (C=O) groups excluding carboxylic acids is 1. The van der Waals surface area contributed by atoms with E-state index in [2.05, 4.69) is 11.9 Å². The number of pyridine rings is 1. The van der Waals surface area contributed by atoms with Crippen LogP contribution in [-0.2, 0) is 28.9 Å². The van der Waals surface area contributed by atoms with Crippen LogP contribution in [0.25, 0.3) is 21.7 Å². The Morgan fingerprint density at radius 1 is 1.39 bits per heavy atom. The topological polar surface area (TPSA) is 74.1 Å². The standard InChI is InChI=1S/C21H23N3O3S/c1-13-8-9-14-16(12-13)28-20-18(14)21(26)24(11-5-7-17(25)27-2)19(23-20)15-6-3-4-10-22-15/h3-4,6,10,13H,5,7-9,11-12H2,1-2H3. The molecule has 0 aromatic carbocycles. The molecule has 0 saturated heterocycles. The van der Waals surface area contributed by atoms with Gasteiger partial charge in [-0.2, -0.15) is 0 Å². The number of thiophene rings is 1. The Balaban J connectivity index is 1.84. The quantitative estimate of drug-likeness (QED) is 0.615. The summed E-state index contributed by atoms with van der Waals surface area (Å²) in [5, 5.41) is 0.754. The maximum absolute atomic E-state index is 13.5. The molecule has 4 rings (SSSR count). The highest BCUT2D eigenvalue weighted by molar-refractivity contribution is 7.18. The fraction of sp³-hybridized carbons (Fsp3) is 0.429. The molecular weight excluding hydrogens is 374 g/mol. The van der Waals surface area contributed by atoms with E-state index in [1.54, 1.807) is 22.1 Å². The van der Waals surface area contributed by atoms with Gasteiger partial charge in [-0.05, 0) is 49.3 Å². The van der Waals surface area contributed by atoms with Crippen LogP contribution in [0.2, 0.25) is 0 Å². The molecule has 7 heteroatoms. The van der Waals surface area contributed by atoms with Crippen molar-refractivity contribution in [2.45, 2.75) is 45.6 Å². The fourth-order valence-corrected chi connectivity index (χ4v) is 5.18. The van der Waals surface area contributed by atoms with Gasteiger partial charge in [-0.1, -0.05) is 13.0 Å². The van der Waals surface area contributed by atoms with Gasteiger partial charge >= 0.3 is 5.97 Å². The third-order valence-electron chi connectivity index (χ3n) is 5.30. The lowest BCUT2D eigenvalue weighted by Gasteiger charge is -2.17. The zero-order valence-electron chi connectivity index (χ0n) is 16.1. The van der Waals surface area contributed by atoms with Crippen molar-refractivity contribution in [3.8, 4) is 11.5 Å². The van der Waals surface area contributed by atoms with Crippen molar-refractivity contribution in [1.29, 1.82) is 0 Å². The molecule has 1 atom stereocenters. The lowest BCUT2D eigenvalue weighted by Crippen LogP contribution is -2.25. The Bertz CT molecular complexity index is 1070. The normalized spacial score (nSPS) is 16.1. The minimum Gasteiger partial charge on any atom is -0.469 e. The molecule has 3 heterocycles. The van der Waals surface area contributed by atoms with E-state index < -0.39 is 0 Å². The van der Waals surface area contributed by atoms with Crippen LogP contribution in [0.1, 0.15) is 36.6 Å². The average Bonchev–Trinajstić information content (AvgIpc) is 3.07. The molecular formula is C21H23N3O3S. The summed E-state index contributed by atoms with van der Waals surface area (Å²) in [4.78, 5) is 36.3. The highest BCUT2D eigenvalue weighted by Crippen LogP contribution is 2.36. The van der Waals surface area contributed by atoms with Crippen LogP contribution in [0.5, 0.6) is 0 Å². The van der Waals surface area contributed by atoms with Gasteiger partial charge < -0.3 is 4.74 Å². The summed E-state index contributed by atoms with van der Waals surface area (Å²) in [6, 6.07) is 5.59. The van der Waals surface area contributed by atoms with Crippen molar-refractivity contribution >= 4 is 27.5 Å². The van der Waals surface area contributed by atoms with Gasteiger partial charge in [-0.3, -0.25) is 19.1 Å². The predicted molar refractivity (Wildman–Crippen MR) is 110 cm³/mol. The zero-order valence-corrected chi connectivity index (χ0v) is 16.9. The molecule has 3 aromatic rings. The van der Waals surface area contributed by atoms with Crippen LogP contribution in [0, 0.1) is 5.92 Å². The van der Waals surface area contributed by atoms with Crippen molar-refractivity contribution in [1.82, 2.24) is 14.5 Å². The SMILES string of the molecule is COC(=O)CCCn1c(-c2ccccn2)nc2sc3c(c2c1=O)CCC(C)C3. The molecule has 1 aliphatic carbocycles. The Kier molecular flexibility index (Phi) is 5.26. The molecule has 6 nitrogen and oxygen atoms in total. The number of hydrogen-bond acceptors (Lipinski definition) is 6. The molecule has 28 heavy (non-hydrogen) atoms. The van der Waals surface area contributed by atoms with Crippen LogP contribution in [0.4, 0.5) is 0 Å². The zero-order chi connectivity index (χ0) is 19.7. The average molecular weight is 398 g/mol.